The van der Waals surface area contributed by atoms with Crippen LogP contribution >= 0.6 is 0 Å². The lowest BCUT2D eigenvalue weighted by molar-refractivity contribution is 0.0204. The van der Waals surface area contributed by atoms with Crippen LogP contribution < -0.4 is 11.1 Å². The molecule has 4 rings (SSSR count). The Hall–Kier alpha value is -3.87. The number of aryl methyl sites for hydroxylation is 2. The van der Waals surface area contributed by atoms with E-state index in [1.165, 1.54) is 0 Å². The minimum absolute atomic E-state index is 0.116. The number of nitriles is 1. The highest BCUT2D eigenvalue weighted by Crippen LogP contribution is 2.33. The predicted octanol–water partition coefficient (Wildman–Crippen LogP) is 3.85. The number of nitrogen functional groups attached to an aromatic ring is 1. The van der Waals surface area contributed by atoms with Gasteiger partial charge in [0.05, 0.1) is 29.0 Å². The average Bonchev–Trinajstić information content (AvgIpc) is 3.15. The lowest BCUT2D eigenvalue weighted by atomic mass is 9.88. The second kappa shape index (κ2) is 9.41. The van der Waals surface area contributed by atoms with Crippen LogP contribution in [0.5, 0.6) is 0 Å². The molecule has 10 heteroatoms. The second-order valence-corrected chi connectivity index (χ2v) is 9.95. The quantitative estimate of drug-likeness (QED) is 0.580. The van der Waals surface area contributed by atoms with E-state index in [1.54, 1.807) is 11.8 Å². The number of amides is 1. The molecular weight excluding hydrogens is 444 g/mol. The molecule has 3 N–H and O–H groups in total. The van der Waals surface area contributed by atoms with Crippen LogP contribution in [0.2, 0.25) is 0 Å². The van der Waals surface area contributed by atoms with Gasteiger partial charge in [-0.1, -0.05) is 0 Å². The number of hydrogen-bond donors (Lipinski definition) is 2. The molecule has 1 amide bonds. The first-order chi connectivity index (χ1) is 16.6. The van der Waals surface area contributed by atoms with Gasteiger partial charge in [0.25, 0.3) is 0 Å². The molecule has 1 saturated heterocycles. The summed E-state index contributed by atoms with van der Waals surface area (Å²) in [6.07, 6.45) is 3.35. The first kappa shape index (κ1) is 24.3. The van der Waals surface area contributed by atoms with Gasteiger partial charge in [0.2, 0.25) is 5.95 Å². The summed E-state index contributed by atoms with van der Waals surface area (Å²) < 4.78 is 7.60. The molecule has 0 spiro atoms. The molecule has 0 atom stereocenters. The number of pyridine rings is 1. The molecule has 3 aromatic rings. The fraction of sp³-hybridized carbons (Fsp3) is 0.480. The van der Waals surface area contributed by atoms with Crippen LogP contribution in [0.3, 0.4) is 0 Å². The number of anilines is 2. The number of hydrogen-bond acceptors (Lipinski definition) is 8. The van der Waals surface area contributed by atoms with E-state index in [0.29, 0.717) is 36.7 Å². The van der Waals surface area contributed by atoms with Crippen molar-refractivity contribution in [3.05, 3.63) is 40.8 Å². The molecule has 10 nitrogen and oxygen atoms in total. The summed E-state index contributed by atoms with van der Waals surface area (Å²) in [5.74, 6) is 0.758. The summed E-state index contributed by atoms with van der Waals surface area (Å²) >= 11 is 0. The van der Waals surface area contributed by atoms with E-state index < -0.39 is 5.60 Å². The summed E-state index contributed by atoms with van der Waals surface area (Å²) in [5, 5.41) is 12.8. The van der Waals surface area contributed by atoms with Crippen LogP contribution in [0, 0.1) is 18.3 Å². The molecule has 184 valence electrons. The van der Waals surface area contributed by atoms with Gasteiger partial charge in [0.1, 0.15) is 23.1 Å². The summed E-state index contributed by atoms with van der Waals surface area (Å²) in [6.45, 7) is 9.00. The fourth-order valence-corrected chi connectivity index (χ4v) is 4.46. The first-order valence-electron chi connectivity index (χ1n) is 11.8. The van der Waals surface area contributed by atoms with Crippen molar-refractivity contribution in [3.63, 3.8) is 0 Å². The van der Waals surface area contributed by atoms with Gasteiger partial charge in [-0.2, -0.15) is 10.2 Å². The number of nitrogens with one attached hydrogen (secondary N) is 1. The Kier molecular flexibility index (Phi) is 6.52. The summed E-state index contributed by atoms with van der Waals surface area (Å²) in [6, 6.07) is 6.33. The van der Waals surface area contributed by atoms with Crippen molar-refractivity contribution < 1.29 is 9.53 Å². The predicted molar refractivity (Wildman–Crippen MR) is 134 cm³/mol. The third-order valence-electron chi connectivity index (χ3n) is 6.21. The first-order valence-corrected chi connectivity index (χ1v) is 11.8. The Bertz CT molecular complexity index is 1290. The summed E-state index contributed by atoms with van der Waals surface area (Å²) in [5.41, 5.74) is 10.2. The van der Waals surface area contributed by atoms with E-state index in [4.69, 9.17) is 15.5 Å². The molecule has 0 saturated carbocycles. The molecular formula is C25H32N8O2. The third kappa shape index (κ3) is 5.29. The minimum atomic E-state index is -0.515. The number of fused-ring (bicyclic) bond motifs is 1. The average molecular weight is 477 g/mol. The van der Waals surface area contributed by atoms with E-state index in [2.05, 4.69) is 32.0 Å². The number of nitrogens with two attached hydrogens (primary N) is 1. The van der Waals surface area contributed by atoms with Gasteiger partial charge < -0.3 is 25.3 Å². The Morgan fingerprint density at radius 3 is 2.66 bits per heavy atom. The molecule has 1 aliphatic rings. The minimum Gasteiger partial charge on any atom is -0.444 e. The van der Waals surface area contributed by atoms with Crippen molar-refractivity contribution in [2.45, 2.75) is 58.6 Å². The lowest BCUT2D eigenvalue weighted by Crippen LogP contribution is -2.41. The molecule has 1 fully saturated rings. The maximum Gasteiger partial charge on any atom is 0.410 e. The zero-order chi connectivity index (χ0) is 25.3. The zero-order valence-electron chi connectivity index (χ0n) is 20.9. The number of aromatic nitrogens is 4. The van der Waals surface area contributed by atoms with Crippen molar-refractivity contribution in [2.24, 2.45) is 7.05 Å². The molecule has 0 aromatic carbocycles. The van der Waals surface area contributed by atoms with Crippen molar-refractivity contribution in [1.29, 1.82) is 5.26 Å². The van der Waals surface area contributed by atoms with Gasteiger partial charge in [-0.25, -0.2) is 14.8 Å². The van der Waals surface area contributed by atoms with E-state index in [0.717, 1.165) is 35.1 Å². The van der Waals surface area contributed by atoms with Crippen LogP contribution in [0.15, 0.2) is 18.3 Å². The van der Waals surface area contributed by atoms with Crippen molar-refractivity contribution in [1.82, 2.24) is 24.4 Å². The van der Waals surface area contributed by atoms with Crippen LogP contribution in [-0.2, 0) is 18.3 Å². The summed E-state index contributed by atoms with van der Waals surface area (Å²) in [4.78, 5) is 27.5. The van der Waals surface area contributed by atoms with Gasteiger partial charge in [-0.15, -0.1) is 0 Å². The van der Waals surface area contributed by atoms with Gasteiger partial charge >= 0.3 is 6.09 Å². The Balaban J connectivity index is 1.59. The number of rotatable bonds is 4. The Morgan fingerprint density at radius 1 is 1.29 bits per heavy atom. The van der Waals surface area contributed by atoms with E-state index in [9.17, 15) is 10.1 Å². The van der Waals surface area contributed by atoms with Crippen LogP contribution in [0.4, 0.5) is 16.6 Å². The number of piperidine rings is 1. The monoisotopic (exact) mass is 476 g/mol. The van der Waals surface area contributed by atoms with E-state index in [1.807, 2.05) is 40.1 Å². The van der Waals surface area contributed by atoms with Gasteiger partial charge in [-0.05, 0) is 64.2 Å². The highest BCUT2D eigenvalue weighted by Gasteiger charge is 2.29. The standard InChI is InChI=1S/C25H32N8O2/c1-15-18(13-26)22(31-23(27)29-15)28-14-20-17(12-21-19(30-20)8-9-32(21)5)16-6-10-33(11-7-16)24(34)35-25(2,3)4/h8-9,12,16H,6-7,10-11,14H2,1-5H3,(H3,27,28,29,31). The molecule has 0 aliphatic carbocycles. The van der Waals surface area contributed by atoms with Gasteiger partial charge in [0.15, 0.2) is 0 Å². The molecule has 3 aromatic heterocycles. The number of nitrogens with zero attached hydrogens (tertiary/aromatic N) is 6. The Morgan fingerprint density at radius 2 is 2.00 bits per heavy atom. The molecule has 0 unspecified atom stereocenters. The molecule has 1 aliphatic heterocycles. The zero-order valence-corrected chi connectivity index (χ0v) is 20.9. The number of likely N-dealkylation sites (tertiary alicyclic amines) is 1. The highest BCUT2D eigenvalue weighted by atomic mass is 16.6. The van der Waals surface area contributed by atoms with Gasteiger partial charge in [0, 0.05) is 26.3 Å². The topological polar surface area (TPSA) is 135 Å². The normalized spacial score (nSPS) is 14.7. The third-order valence-corrected chi connectivity index (χ3v) is 6.21. The number of carbonyl (C=O) groups excluding carboxylic acids is 1. The molecule has 0 bridgehead atoms. The van der Waals surface area contributed by atoms with Crippen molar-refractivity contribution in [3.8, 4) is 6.07 Å². The number of carbonyl (C=O) groups is 1. The Labute approximate surface area is 205 Å². The van der Waals surface area contributed by atoms with Crippen LogP contribution in [0.25, 0.3) is 11.0 Å². The van der Waals surface area contributed by atoms with Crippen molar-refractivity contribution >= 4 is 28.9 Å². The number of ether oxygens (including phenoxy) is 1. The molecule has 35 heavy (non-hydrogen) atoms. The maximum absolute atomic E-state index is 12.5. The summed E-state index contributed by atoms with van der Waals surface area (Å²) in [7, 11) is 2.00. The highest BCUT2D eigenvalue weighted by molar-refractivity contribution is 5.77. The van der Waals surface area contributed by atoms with Crippen LogP contribution in [0.1, 0.15) is 62.0 Å². The largest absolute Gasteiger partial charge is 0.444 e. The smallest absolute Gasteiger partial charge is 0.410 e. The van der Waals surface area contributed by atoms with Gasteiger partial charge in [-0.3, -0.25) is 0 Å². The molecule has 4 heterocycles. The lowest BCUT2D eigenvalue weighted by Gasteiger charge is -2.34. The molecule has 0 radical (unpaired) electrons. The SMILES string of the molecule is Cc1nc(N)nc(NCc2nc3ccn(C)c3cc2C2CCN(C(=O)OC(C)(C)C)CC2)c1C#N. The van der Waals surface area contributed by atoms with Crippen LogP contribution in [-0.4, -0.2) is 49.2 Å². The maximum atomic E-state index is 12.5. The fourth-order valence-electron chi connectivity index (χ4n) is 4.46. The van der Waals surface area contributed by atoms with Crippen molar-refractivity contribution in [2.75, 3.05) is 24.1 Å². The van der Waals surface area contributed by atoms with E-state index >= 15 is 0 Å². The second-order valence-electron chi connectivity index (χ2n) is 9.95. The van der Waals surface area contributed by atoms with E-state index in [-0.39, 0.29) is 18.0 Å².